The molecule has 13 heavy (non-hydrogen) atoms. The molecule has 2 nitrogen and oxygen atoms in total. The first-order valence-corrected chi connectivity index (χ1v) is 5.61. The van der Waals surface area contributed by atoms with E-state index in [1.165, 1.54) is 4.88 Å². The van der Waals surface area contributed by atoms with Crippen LogP contribution in [0, 0.1) is 0 Å². The molecule has 0 radical (unpaired) electrons. The van der Waals surface area contributed by atoms with Gasteiger partial charge in [0, 0.05) is 17.0 Å². The Kier molecular flexibility index (Phi) is 2.67. The monoisotopic (exact) mass is 197 g/mol. The smallest absolute Gasteiger partial charge is 0.0613 e. The van der Waals surface area contributed by atoms with Crippen molar-refractivity contribution in [1.29, 1.82) is 0 Å². The van der Waals surface area contributed by atoms with Gasteiger partial charge in [0.05, 0.1) is 6.61 Å². The zero-order valence-corrected chi connectivity index (χ0v) is 8.44. The van der Waals surface area contributed by atoms with Crippen LogP contribution in [0.5, 0.6) is 0 Å². The van der Waals surface area contributed by atoms with E-state index in [0.717, 1.165) is 25.8 Å². The van der Waals surface area contributed by atoms with Crippen LogP contribution in [0.25, 0.3) is 0 Å². The molecule has 1 aliphatic carbocycles. The second kappa shape index (κ2) is 3.78. The van der Waals surface area contributed by atoms with Crippen LogP contribution in [0.3, 0.4) is 0 Å². The summed E-state index contributed by atoms with van der Waals surface area (Å²) in [6, 6.07) is 4.24. The molecule has 0 atom stereocenters. The number of aliphatic hydroxyl groups is 1. The molecule has 0 amide bonds. The average Bonchev–Trinajstić information content (AvgIpc) is 2.74. The van der Waals surface area contributed by atoms with Crippen LogP contribution in [-0.2, 0) is 6.42 Å². The molecule has 0 aliphatic heterocycles. The van der Waals surface area contributed by atoms with Crippen LogP contribution in [0.2, 0.25) is 0 Å². The van der Waals surface area contributed by atoms with Crippen molar-refractivity contribution < 1.29 is 5.11 Å². The van der Waals surface area contributed by atoms with Crippen molar-refractivity contribution in [3.8, 4) is 0 Å². The van der Waals surface area contributed by atoms with E-state index in [1.807, 2.05) is 0 Å². The van der Waals surface area contributed by atoms with Gasteiger partial charge in [-0.1, -0.05) is 6.07 Å². The highest BCUT2D eigenvalue weighted by atomic mass is 32.1. The summed E-state index contributed by atoms with van der Waals surface area (Å²) in [5.41, 5.74) is 0.0945. The van der Waals surface area contributed by atoms with E-state index in [0.29, 0.717) is 0 Å². The predicted octanol–water partition coefficient (Wildman–Crippen LogP) is 1.41. The van der Waals surface area contributed by atoms with Gasteiger partial charge < -0.3 is 10.4 Å². The predicted molar refractivity (Wildman–Crippen MR) is 55.1 cm³/mol. The van der Waals surface area contributed by atoms with Crippen molar-refractivity contribution in [3.05, 3.63) is 22.4 Å². The first-order valence-electron chi connectivity index (χ1n) is 4.73. The molecule has 1 aromatic rings. The lowest BCUT2D eigenvalue weighted by Crippen LogP contribution is -2.36. The third kappa shape index (κ3) is 2.30. The Morgan fingerprint density at radius 2 is 2.38 bits per heavy atom. The summed E-state index contributed by atoms with van der Waals surface area (Å²) in [4.78, 5) is 1.42. The molecular weight excluding hydrogens is 182 g/mol. The van der Waals surface area contributed by atoms with E-state index < -0.39 is 0 Å². The van der Waals surface area contributed by atoms with E-state index >= 15 is 0 Å². The van der Waals surface area contributed by atoms with Crippen molar-refractivity contribution >= 4 is 11.3 Å². The lowest BCUT2D eigenvalue weighted by atomic mass is 10.2. The zero-order chi connectivity index (χ0) is 9.15. The highest BCUT2D eigenvalue weighted by Gasteiger charge is 2.41. The maximum absolute atomic E-state index is 9.05. The SMILES string of the molecule is OCC1(NCCc2cccs2)CC1. The summed E-state index contributed by atoms with van der Waals surface area (Å²) < 4.78 is 0. The number of nitrogens with one attached hydrogen (secondary N) is 1. The van der Waals surface area contributed by atoms with Gasteiger partial charge >= 0.3 is 0 Å². The van der Waals surface area contributed by atoms with Gasteiger partial charge in [-0.25, -0.2) is 0 Å². The third-order valence-electron chi connectivity index (χ3n) is 2.61. The lowest BCUT2D eigenvalue weighted by molar-refractivity contribution is 0.231. The van der Waals surface area contributed by atoms with Crippen LogP contribution in [0.1, 0.15) is 17.7 Å². The molecule has 1 aliphatic rings. The van der Waals surface area contributed by atoms with E-state index in [1.54, 1.807) is 11.3 Å². The van der Waals surface area contributed by atoms with Gasteiger partial charge in [-0.3, -0.25) is 0 Å². The second-order valence-corrected chi connectivity index (χ2v) is 4.73. The summed E-state index contributed by atoms with van der Waals surface area (Å²) in [5.74, 6) is 0. The van der Waals surface area contributed by atoms with Crippen LogP contribution >= 0.6 is 11.3 Å². The van der Waals surface area contributed by atoms with Crippen molar-refractivity contribution in [2.75, 3.05) is 13.2 Å². The van der Waals surface area contributed by atoms with E-state index in [2.05, 4.69) is 22.8 Å². The standard InChI is InChI=1S/C10H15NOS/c12-8-10(4-5-10)11-6-3-9-2-1-7-13-9/h1-2,7,11-12H,3-6,8H2. The van der Waals surface area contributed by atoms with Gasteiger partial charge in [-0.05, 0) is 30.7 Å². The molecule has 1 fully saturated rings. The maximum atomic E-state index is 9.05. The number of rotatable bonds is 5. The van der Waals surface area contributed by atoms with Crippen LogP contribution < -0.4 is 5.32 Å². The molecule has 0 aromatic carbocycles. The Labute approximate surface area is 82.6 Å². The van der Waals surface area contributed by atoms with Crippen molar-refractivity contribution in [2.24, 2.45) is 0 Å². The molecule has 1 saturated carbocycles. The quantitative estimate of drug-likeness (QED) is 0.748. The van der Waals surface area contributed by atoms with Gasteiger partial charge in [0.2, 0.25) is 0 Å². The van der Waals surface area contributed by atoms with Crippen molar-refractivity contribution in [1.82, 2.24) is 5.32 Å². The molecule has 0 spiro atoms. The number of hydrogen-bond donors (Lipinski definition) is 2. The molecule has 3 heteroatoms. The average molecular weight is 197 g/mol. The van der Waals surface area contributed by atoms with Gasteiger partial charge in [-0.2, -0.15) is 0 Å². The molecule has 1 heterocycles. The summed E-state index contributed by atoms with van der Waals surface area (Å²) in [7, 11) is 0. The summed E-state index contributed by atoms with van der Waals surface area (Å²) in [6.45, 7) is 1.28. The maximum Gasteiger partial charge on any atom is 0.0613 e. The summed E-state index contributed by atoms with van der Waals surface area (Å²) >= 11 is 1.80. The molecule has 2 N–H and O–H groups in total. The molecule has 72 valence electrons. The normalized spacial score (nSPS) is 18.8. The number of aliphatic hydroxyl groups excluding tert-OH is 1. The Morgan fingerprint density at radius 1 is 1.54 bits per heavy atom. The minimum Gasteiger partial charge on any atom is -0.394 e. The Morgan fingerprint density at radius 3 is 2.92 bits per heavy atom. The van der Waals surface area contributed by atoms with Crippen LogP contribution in [-0.4, -0.2) is 23.8 Å². The van der Waals surface area contributed by atoms with Gasteiger partial charge in [0.25, 0.3) is 0 Å². The Bertz CT molecular complexity index is 254. The summed E-state index contributed by atoms with van der Waals surface area (Å²) in [5, 5.41) is 14.6. The molecule has 2 rings (SSSR count). The van der Waals surface area contributed by atoms with Crippen molar-refractivity contribution in [2.45, 2.75) is 24.8 Å². The van der Waals surface area contributed by atoms with E-state index in [4.69, 9.17) is 5.11 Å². The second-order valence-electron chi connectivity index (χ2n) is 3.69. The fourth-order valence-corrected chi connectivity index (χ4v) is 2.16. The highest BCUT2D eigenvalue weighted by Crippen LogP contribution is 2.34. The molecule has 0 bridgehead atoms. The zero-order valence-electron chi connectivity index (χ0n) is 7.62. The van der Waals surface area contributed by atoms with E-state index in [-0.39, 0.29) is 12.1 Å². The topological polar surface area (TPSA) is 32.3 Å². The highest BCUT2D eigenvalue weighted by molar-refractivity contribution is 7.09. The Hall–Kier alpha value is -0.380. The fourth-order valence-electron chi connectivity index (χ4n) is 1.45. The van der Waals surface area contributed by atoms with Crippen LogP contribution in [0.4, 0.5) is 0 Å². The van der Waals surface area contributed by atoms with E-state index in [9.17, 15) is 0 Å². The molecular formula is C10H15NOS. The third-order valence-corrected chi connectivity index (χ3v) is 3.54. The lowest BCUT2D eigenvalue weighted by Gasteiger charge is -2.13. The van der Waals surface area contributed by atoms with Gasteiger partial charge in [0.1, 0.15) is 0 Å². The van der Waals surface area contributed by atoms with Gasteiger partial charge in [-0.15, -0.1) is 11.3 Å². The largest absolute Gasteiger partial charge is 0.394 e. The molecule has 1 aromatic heterocycles. The first kappa shape index (κ1) is 9.19. The minimum absolute atomic E-state index is 0.0945. The number of hydrogen-bond acceptors (Lipinski definition) is 3. The molecule has 0 unspecified atom stereocenters. The van der Waals surface area contributed by atoms with Crippen molar-refractivity contribution in [3.63, 3.8) is 0 Å². The molecule has 0 saturated heterocycles. The Balaban J connectivity index is 1.70. The first-order chi connectivity index (χ1) is 6.35. The minimum atomic E-state index is 0.0945. The fraction of sp³-hybridized carbons (Fsp3) is 0.600. The number of thiophene rings is 1. The summed E-state index contributed by atoms with van der Waals surface area (Å²) in [6.07, 6.45) is 3.35. The van der Waals surface area contributed by atoms with Crippen LogP contribution in [0.15, 0.2) is 17.5 Å². The van der Waals surface area contributed by atoms with Gasteiger partial charge in [0.15, 0.2) is 0 Å².